The van der Waals surface area contributed by atoms with Crippen LogP contribution in [0.5, 0.6) is 0 Å². The third-order valence-electron chi connectivity index (χ3n) is 2.59. The average molecular weight is 289 g/mol. The third kappa shape index (κ3) is 3.51. The number of hydrogen-bond donors (Lipinski definition) is 1. The standard InChI is InChI=1S/C12H16FNO4S/c1-8(2)14(7-12(15)16)19(17,18)11-5-4-10(13)6-9(11)3/h4-6,8H,7H2,1-3H3,(H,15,16). The van der Waals surface area contributed by atoms with Crippen molar-refractivity contribution in [2.24, 2.45) is 0 Å². The smallest absolute Gasteiger partial charge is 0.318 e. The summed E-state index contributed by atoms with van der Waals surface area (Å²) in [6.07, 6.45) is 0. The summed E-state index contributed by atoms with van der Waals surface area (Å²) in [7, 11) is -3.96. The van der Waals surface area contributed by atoms with Crippen molar-refractivity contribution in [2.75, 3.05) is 6.54 Å². The van der Waals surface area contributed by atoms with Crippen LogP contribution in [0.15, 0.2) is 23.1 Å². The molecule has 0 bridgehead atoms. The van der Waals surface area contributed by atoms with Crippen molar-refractivity contribution < 1.29 is 22.7 Å². The zero-order chi connectivity index (χ0) is 14.8. The first-order valence-corrected chi connectivity index (χ1v) is 7.10. The number of aliphatic carboxylic acids is 1. The molecule has 7 heteroatoms. The summed E-state index contributed by atoms with van der Waals surface area (Å²) in [5.41, 5.74) is 0.246. The monoisotopic (exact) mass is 289 g/mol. The van der Waals surface area contributed by atoms with Crippen molar-refractivity contribution in [3.63, 3.8) is 0 Å². The van der Waals surface area contributed by atoms with Crippen LogP contribution in [0.4, 0.5) is 4.39 Å². The van der Waals surface area contributed by atoms with E-state index in [-0.39, 0.29) is 10.5 Å². The van der Waals surface area contributed by atoms with Crippen LogP contribution in [-0.2, 0) is 14.8 Å². The first-order valence-electron chi connectivity index (χ1n) is 5.66. The Morgan fingerprint density at radius 3 is 2.42 bits per heavy atom. The summed E-state index contributed by atoms with van der Waals surface area (Å²) < 4.78 is 38.6. The number of rotatable bonds is 5. The summed E-state index contributed by atoms with van der Waals surface area (Å²) in [4.78, 5) is 10.7. The van der Waals surface area contributed by atoms with E-state index < -0.39 is 34.4 Å². The molecule has 1 N–H and O–H groups in total. The first-order chi connectivity index (χ1) is 8.66. The predicted molar refractivity (Wildman–Crippen MR) is 67.8 cm³/mol. The first kappa shape index (κ1) is 15.6. The van der Waals surface area contributed by atoms with Gasteiger partial charge in [0.2, 0.25) is 10.0 Å². The van der Waals surface area contributed by atoms with Crippen LogP contribution in [0, 0.1) is 12.7 Å². The minimum Gasteiger partial charge on any atom is -0.480 e. The lowest BCUT2D eigenvalue weighted by atomic mass is 10.2. The molecule has 0 saturated heterocycles. The fraction of sp³-hybridized carbons (Fsp3) is 0.417. The van der Waals surface area contributed by atoms with E-state index in [4.69, 9.17) is 5.11 Å². The molecule has 19 heavy (non-hydrogen) atoms. The normalized spacial score (nSPS) is 12.1. The van der Waals surface area contributed by atoms with Crippen LogP contribution in [0.25, 0.3) is 0 Å². The molecule has 0 saturated carbocycles. The Kier molecular flexibility index (Phi) is 4.65. The molecule has 0 fully saturated rings. The fourth-order valence-corrected chi connectivity index (χ4v) is 3.50. The summed E-state index contributed by atoms with van der Waals surface area (Å²) in [5, 5.41) is 8.79. The molecule has 0 unspecified atom stereocenters. The topological polar surface area (TPSA) is 74.7 Å². The molecule has 0 radical (unpaired) electrons. The van der Waals surface area contributed by atoms with Crippen LogP contribution in [0.3, 0.4) is 0 Å². The lowest BCUT2D eigenvalue weighted by Gasteiger charge is -2.24. The molecule has 1 rings (SSSR count). The summed E-state index contributed by atoms with van der Waals surface area (Å²) in [6.45, 7) is 4.00. The molecular formula is C12H16FNO4S. The number of benzene rings is 1. The van der Waals surface area contributed by atoms with E-state index >= 15 is 0 Å². The van der Waals surface area contributed by atoms with Crippen molar-refractivity contribution >= 4 is 16.0 Å². The SMILES string of the molecule is Cc1cc(F)ccc1S(=O)(=O)N(CC(=O)O)C(C)C. The van der Waals surface area contributed by atoms with Gasteiger partial charge in [-0.2, -0.15) is 4.31 Å². The molecule has 0 aliphatic carbocycles. The number of carboxylic acids is 1. The molecule has 106 valence electrons. The van der Waals surface area contributed by atoms with Gasteiger partial charge in [0.1, 0.15) is 12.4 Å². The minimum absolute atomic E-state index is 0.0798. The Labute approximate surface area is 111 Å². The van der Waals surface area contributed by atoms with E-state index in [0.717, 1.165) is 22.5 Å². The highest BCUT2D eigenvalue weighted by Gasteiger charge is 2.30. The molecule has 5 nitrogen and oxygen atoms in total. The van der Waals surface area contributed by atoms with Crippen LogP contribution in [-0.4, -0.2) is 36.4 Å². The average Bonchev–Trinajstić information content (AvgIpc) is 2.24. The number of sulfonamides is 1. The number of carboxylic acid groups (broad SMARTS) is 1. The Hall–Kier alpha value is -1.47. The van der Waals surface area contributed by atoms with Crippen molar-refractivity contribution in [2.45, 2.75) is 31.7 Å². The van der Waals surface area contributed by atoms with Crippen LogP contribution in [0.2, 0.25) is 0 Å². The largest absolute Gasteiger partial charge is 0.480 e. The Morgan fingerprint density at radius 2 is 2.00 bits per heavy atom. The number of carbonyl (C=O) groups is 1. The Morgan fingerprint density at radius 1 is 1.42 bits per heavy atom. The van der Waals surface area contributed by atoms with Gasteiger partial charge in [-0.3, -0.25) is 4.79 Å². The predicted octanol–water partition coefficient (Wildman–Crippen LogP) is 1.62. The van der Waals surface area contributed by atoms with Gasteiger partial charge in [0.15, 0.2) is 0 Å². The maximum atomic E-state index is 13.0. The van der Waals surface area contributed by atoms with E-state index in [1.807, 2.05) is 0 Å². The second-order valence-electron chi connectivity index (χ2n) is 4.45. The van der Waals surface area contributed by atoms with Gasteiger partial charge >= 0.3 is 5.97 Å². The molecule has 0 aliphatic rings. The summed E-state index contributed by atoms with van der Waals surface area (Å²) >= 11 is 0. The Balaban J connectivity index is 3.30. The lowest BCUT2D eigenvalue weighted by Crippen LogP contribution is -2.40. The summed E-state index contributed by atoms with van der Waals surface area (Å²) in [5.74, 6) is -1.78. The third-order valence-corrected chi connectivity index (χ3v) is 4.77. The highest BCUT2D eigenvalue weighted by Crippen LogP contribution is 2.22. The number of nitrogens with zero attached hydrogens (tertiary/aromatic N) is 1. The van der Waals surface area contributed by atoms with Gasteiger partial charge in [-0.25, -0.2) is 12.8 Å². The number of halogens is 1. The molecule has 0 amide bonds. The number of aryl methyl sites for hydroxylation is 1. The number of hydrogen-bond acceptors (Lipinski definition) is 3. The van der Waals surface area contributed by atoms with E-state index in [2.05, 4.69) is 0 Å². The lowest BCUT2D eigenvalue weighted by molar-refractivity contribution is -0.137. The molecule has 0 aliphatic heterocycles. The fourth-order valence-electron chi connectivity index (χ4n) is 1.71. The second kappa shape index (κ2) is 5.66. The quantitative estimate of drug-likeness (QED) is 0.893. The van der Waals surface area contributed by atoms with Gasteiger partial charge in [-0.1, -0.05) is 0 Å². The Bertz CT molecular complexity index is 583. The maximum Gasteiger partial charge on any atom is 0.318 e. The van der Waals surface area contributed by atoms with E-state index in [9.17, 15) is 17.6 Å². The highest BCUT2D eigenvalue weighted by atomic mass is 32.2. The van der Waals surface area contributed by atoms with Gasteiger partial charge in [-0.15, -0.1) is 0 Å². The van der Waals surface area contributed by atoms with E-state index in [0.29, 0.717) is 0 Å². The summed E-state index contributed by atoms with van der Waals surface area (Å²) in [6, 6.07) is 2.79. The molecule has 0 atom stereocenters. The van der Waals surface area contributed by atoms with E-state index in [1.54, 1.807) is 13.8 Å². The molecular weight excluding hydrogens is 273 g/mol. The van der Waals surface area contributed by atoms with E-state index in [1.165, 1.54) is 6.92 Å². The molecule has 0 aromatic heterocycles. The molecule has 1 aromatic carbocycles. The zero-order valence-corrected chi connectivity index (χ0v) is 11.7. The molecule has 0 heterocycles. The van der Waals surface area contributed by atoms with Gasteiger partial charge in [0.05, 0.1) is 4.90 Å². The van der Waals surface area contributed by atoms with Crippen LogP contribution < -0.4 is 0 Å². The van der Waals surface area contributed by atoms with Crippen molar-refractivity contribution in [3.8, 4) is 0 Å². The van der Waals surface area contributed by atoms with Crippen LogP contribution in [0.1, 0.15) is 19.4 Å². The maximum absolute atomic E-state index is 13.0. The zero-order valence-electron chi connectivity index (χ0n) is 10.9. The van der Waals surface area contributed by atoms with Crippen molar-refractivity contribution in [1.29, 1.82) is 0 Å². The van der Waals surface area contributed by atoms with Gasteiger partial charge in [0.25, 0.3) is 0 Å². The highest BCUT2D eigenvalue weighted by molar-refractivity contribution is 7.89. The molecule has 1 aromatic rings. The van der Waals surface area contributed by atoms with Crippen LogP contribution >= 0.6 is 0 Å². The van der Waals surface area contributed by atoms with Crippen molar-refractivity contribution in [1.82, 2.24) is 4.31 Å². The molecule has 0 spiro atoms. The van der Waals surface area contributed by atoms with Crippen molar-refractivity contribution in [3.05, 3.63) is 29.6 Å². The second-order valence-corrected chi connectivity index (χ2v) is 6.31. The van der Waals surface area contributed by atoms with Gasteiger partial charge in [0, 0.05) is 6.04 Å². The van der Waals surface area contributed by atoms with Gasteiger partial charge < -0.3 is 5.11 Å². The van der Waals surface area contributed by atoms with Gasteiger partial charge in [-0.05, 0) is 44.5 Å². The minimum atomic E-state index is -3.96.